The number of thiazole rings is 1. The van der Waals surface area contributed by atoms with Crippen molar-refractivity contribution in [3.05, 3.63) is 44.4 Å². The molecule has 1 amide bonds. The number of aromatic nitrogens is 1. The fourth-order valence-electron chi connectivity index (χ4n) is 2.61. The topological polar surface area (TPSA) is 81.1 Å². The zero-order valence-electron chi connectivity index (χ0n) is 15.8. The van der Waals surface area contributed by atoms with Gasteiger partial charge in [-0.2, -0.15) is 10.1 Å². The molecule has 2 heterocycles. The highest BCUT2D eigenvalue weighted by Gasteiger charge is 2.32. The van der Waals surface area contributed by atoms with Gasteiger partial charge >= 0.3 is 5.97 Å². The van der Waals surface area contributed by atoms with E-state index in [1.54, 1.807) is 34.0 Å². The first-order valence-electron chi connectivity index (χ1n) is 8.45. The maximum Gasteiger partial charge on any atom is 0.350 e. The lowest BCUT2D eigenvalue weighted by Crippen LogP contribution is -2.21. The normalized spacial score (nSPS) is 15.2. The van der Waals surface area contributed by atoms with Crippen molar-refractivity contribution in [1.29, 1.82) is 0 Å². The monoisotopic (exact) mass is 463 g/mol. The second kappa shape index (κ2) is 8.24. The lowest BCUT2D eigenvalue weighted by atomic mass is 10.1. The third kappa shape index (κ3) is 3.85. The number of halogens is 1. The van der Waals surface area contributed by atoms with Crippen molar-refractivity contribution < 1.29 is 19.1 Å². The predicted molar refractivity (Wildman–Crippen MR) is 112 cm³/mol. The molecule has 1 aromatic carbocycles. The first kappa shape index (κ1) is 20.2. The summed E-state index contributed by atoms with van der Waals surface area (Å²) in [5, 5.41) is 5.88. The molecule has 0 aliphatic carbocycles. The van der Waals surface area contributed by atoms with E-state index in [0.717, 1.165) is 21.4 Å². The average Bonchev–Trinajstić information content (AvgIpc) is 3.17. The molecular formula is C19H18BrN3O4S. The van der Waals surface area contributed by atoms with Gasteiger partial charge in [0, 0.05) is 0 Å². The van der Waals surface area contributed by atoms with Crippen LogP contribution >= 0.6 is 27.3 Å². The van der Waals surface area contributed by atoms with E-state index in [1.807, 2.05) is 18.2 Å². The number of aryl methyl sites for hydroxylation is 1. The number of carbonyl (C=O) groups is 2. The van der Waals surface area contributed by atoms with E-state index in [4.69, 9.17) is 9.47 Å². The summed E-state index contributed by atoms with van der Waals surface area (Å²) in [6.45, 7) is 5.47. The van der Waals surface area contributed by atoms with E-state index < -0.39 is 5.97 Å². The van der Waals surface area contributed by atoms with Gasteiger partial charge in [-0.15, -0.1) is 0 Å². The quantitative estimate of drug-likeness (QED) is 0.489. The molecule has 28 heavy (non-hydrogen) atoms. The Balaban J connectivity index is 1.90. The van der Waals surface area contributed by atoms with Crippen LogP contribution in [0.4, 0.5) is 5.13 Å². The molecule has 146 valence electrons. The summed E-state index contributed by atoms with van der Waals surface area (Å²) in [7, 11) is 1.59. The molecule has 0 spiro atoms. The summed E-state index contributed by atoms with van der Waals surface area (Å²) >= 11 is 4.53. The van der Waals surface area contributed by atoms with Gasteiger partial charge in [-0.05, 0) is 60.5 Å². The van der Waals surface area contributed by atoms with Crippen molar-refractivity contribution in [2.24, 2.45) is 5.10 Å². The van der Waals surface area contributed by atoms with E-state index in [1.165, 1.54) is 5.01 Å². The van der Waals surface area contributed by atoms with Gasteiger partial charge in [-0.3, -0.25) is 4.79 Å². The first-order valence-corrected chi connectivity index (χ1v) is 10.1. The Morgan fingerprint density at radius 2 is 2.11 bits per heavy atom. The van der Waals surface area contributed by atoms with Gasteiger partial charge in [0.2, 0.25) is 5.13 Å². The van der Waals surface area contributed by atoms with E-state index in [9.17, 15) is 9.59 Å². The van der Waals surface area contributed by atoms with Gasteiger partial charge in [0.05, 0.1) is 35.2 Å². The van der Waals surface area contributed by atoms with Crippen LogP contribution in [0.2, 0.25) is 0 Å². The Kier molecular flexibility index (Phi) is 5.95. The van der Waals surface area contributed by atoms with Gasteiger partial charge in [0.1, 0.15) is 10.6 Å². The Bertz CT molecular complexity index is 1010. The van der Waals surface area contributed by atoms with Crippen LogP contribution < -0.4 is 9.75 Å². The Labute approximate surface area is 174 Å². The first-order chi connectivity index (χ1) is 13.3. The molecule has 1 aliphatic heterocycles. The number of amides is 1. The predicted octanol–water partition coefficient (Wildman–Crippen LogP) is 4.21. The number of benzene rings is 1. The molecule has 0 N–H and O–H groups in total. The molecule has 0 radical (unpaired) electrons. The molecule has 0 fully saturated rings. The van der Waals surface area contributed by atoms with Crippen molar-refractivity contribution in [3.8, 4) is 5.75 Å². The van der Waals surface area contributed by atoms with E-state index >= 15 is 0 Å². The lowest BCUT2D eigenvalue weighted by molar-refractivity contribution is -0.114. The molecule has 9 heteroatoms. The number of ether oxygens (including phenoxy) is 2. The lowest BCUT2D eigenvalue weighted by Gasteiger charge is -2.07. The largest absolute Gasteiger partial charge is 0.496 e. The highest BCUT2D eigenvalue weighted by Crippen LogP contribution is 2.32. The summed E-state index contributed by atoms with van der Waals surface area (Å²) in [5.74, 6) is -0.0415. The highest BCUT2D eigenvalue weighted by atomic mass is 79.9. The third-order valence-electron chi connectivity index (χ3n) is 3.98. The van der Waals surface area contributed by atoms with Crippen LogP contribution in [0.3, 0.4) is 0 Å². The average molecular weight is 464 g/mol. The van der Waals surface area contributed by atoms with E-state index in [2.05, 4.69) is 26.0 Å². The van der Waals surface area contributed by atoms with Crippen molar-refractivity contribution >= 4 is 56.1 Å². The second-order valence-electron chi connectivity index (χ2n) is 5.89. The number of rotatable bonds is 5. The smallest absolute Gasteiger partial charge is 0.350 e. The number of carbonyl (C=O) groups excluding carboxylic acids is 2. The zero-order valence-corrected chi connectivity index (χ0v) is 18.2. The maximum absolute atomic E-state index is 12.9. The third-order valence-corrected chi connectivity index (χ3v) is 5.71. The van der Waals surface area contributed by atoms with Crippen LogP contribution in [0.1, 0.15) is 34.8 Å². The Hall–Kier alpha value is -2.52. The van der Waals surface area contributed by atoms with Crippen LogP contribution in [0.5, 0.6) is 5.75 Å². The van der Waals surface area contributed by atoms with Gasteiger partial charge in [0.15, 0.2) is 0 Å². The molecule has 7 nitrogen and oxygen atoms in total. The number of nitrogens with zero attached hydrogens (tertiary/aromatic N) is 3. The highest BCUT2D eigenvalue weighted by molar-refractivity contribution is 9.10. The van der Waals surface area contributed by atoms with Crippen LogP contribution in [0.15, 0.2) is 33.3 Å². The Morgan fingerprint density at radius 1 is 1.36 bits per heavy atom. The molecular weight excluding hydrogens is 446 g/mol. The summed E-state index contributed by atoms with van der Waals surface area (Å²) in [6, 6.07) is 5.53. The zero-order chi connectivity index (χ0) is 20.4. The number of hydrogen-bond acceptors (Lipinski definition) is 7. The molecule has 3 rings (SSSR count). The van der Waals surface area contributed by atoms with E-state index in [0.29, 0.717) is 32.7 Å². The van der Waals surface area contributed by atoms with Gasteiger partial charge < -0.3 is 9.47 Å². The number of anilines is 1. The van der Waals surface area contributed by atoms with Gasteiger partial charge in [0.25, 0.3) is 5.91 Å². The number of hydrogen-bond donors (Lipinski definition) is 0. The van der Waals surface area contributed by atoms with Crippen LogP contribution in [0, 0.1) is 6.92 Å². The SMILES string of the molecule is CCOC(=O)c1sc(N2N=C(C)/C(=C\c3ccc(OC)c(Br)c3)C2=O)nc1C. The molecule has 1 aromatic heterocycles. The number of methoxy groups -OCH3 is 1. The van der Waals surface area contributed by atoms with E-state index in [-0.39, 0.29) is 12.5 Å². The van der Waals surface area contributed by atoms with Crippen molar-refractivity contribution in [3.63, 3.8) is 0 Å². The molecule has 0 bridgehead atoms. The fourth-order valence-corrected chi connectivity index (χ4v) is 4.08. The van der Waals surface area contributed by atoms with Crippen molar-refractivity contribution in [1.82, 2.24) is 4.98 Å². The molecule has 0 unspecified atom stereocenters. The second-order valence-corrected chi connectivity index (χ2v) is 7.72. The summed E-state index contributed by atoms with van der Waals surface area (Å²) in [4.78, 5) is 29.6. The Morgan fingerprint density at radius 3 is 2.75 bits per heavy atom. The van der Waals surface area contributed by atoms with Crippen molar-refractivity contribution in [2.45, 2.75) is 20.8 Å². The maximum atomic E-state index is 12.9. The van der Waals surface area contributed by atoms with Crippen molar-refractivity contribution in [2.75, 3.05) is 18.7 Å². The van der Waals surface area contributed by atoms with Crippen LogP contribution in [0.25, 0.3) is 6.08 Å². The minimum atomic E-state index is -0.449. The van der Waals surface area contributed by atoms with Crippen LogP contribution in [-0.2, 0) is 9.53 Å². The molecule has 0 saturated heterocycles. The standard InChI is InChI=1S/C19H18BrN3O4S/c1-5-27-18(25)16-11(3)21-19(28-16)23-17(24)13(10(2)22-23)8-12-6-7-15(26-4)14(20)9-12/h6-9H,5H2,1-4H3/b13-8+. The van der Waals surface area contributed by atoms with Gasteiger partial charge in [-0.25, -0.2) is 9.78 Å². The van der Waals surface area contributed by atoms with Crippen LogP contribution in [-0.4, -0.2) is 36.3 Å². The molecule has 1 aliphatic rings. The summed E-state index contributed by atoms with van der Waals surface area (Å²) in [5.41, 5.74) is 2.37. The molecule has 0 saturated carbocycles. The number of hydrazone groups is 1. The summed E-state index contributed by atoms with van der Waals surface area (Å²) < 4.78 is 11.0. The minimum absolute atomic E-state index is 0.274. The number of esters is 1. The van der Waals surface area contributed by atoms with Gasteiger partial charge in [-0.1, -0.05) is 17.4 Å². The fraction of sp³-hybridized carbons (Fsp3) is 0.263. The molecule has 0 atom stereocenters. The minimum Gasteiger partial charge on any atom is -0.496 e. The molecule has 2 aromatic rings. The summed E-state index contributed by atoms with van der Waals surface area (Å²) in [6.07, 6.45) is 1.76.